The van der Waals surface area contributed by atoms with Gasteiger partial charge in [-0.05, 0) is 55.7 Å². The molecule has 37 heavy (non-hydrogen) atoms. The summed E-state index contributed by atoms with van der Waals surface area (Å²) in [6, 6.07) is 11.3. The Labute approximate surface area is 215 Å². The first-order valence-electron chi connectivity index (χ1n) is 11.8. The molecule has 196 valence electrons. The molecule has 0 spiro atoms. The third-order valence-electron chi connectivity index (χ3n) is 5.86. The molecule has 1 unspecified atom stereocenters. The molecular formula is C26H32N6O5. The molecule has 2 aromatic carbocycles. The SMILES string of the molecule is C=Cc1ccc(CN2C(=O)N(C[C@H](C)C(=O)N=O)C(=O)N(N)C2Nc2ccc(OC(C)C)c(C)c2)cc1. The van der Waals surface area contributed by atoms with Gasteiger partial charge in [0, 0.05) is 17.4 Å². The van der Waals surface area contributed by atoms with Crippen molar-refractivity contribution in [2.45, 2.75) is 46.6 Å². The lowest BCUT2D eigenvalue weighted by atomic mass is 10.1. The Kier molecular flexibility index (Phi) is 8.61. The van der Waals surface area contributed by atoms with Gasteiger partial charge in [-0.25, -0.2) is 25.3 Å². The van der Waals surface area contributed by atoms with Gasteiger partial charge in [0.2, 0.25) is 6.29 Å². The predicted octanol–water partition coefficient (Wildman–Crippen LogP) is 4.28. The van der Waals surface area contributed by atoms with Crippen LogP contribution < -0.4 is 15.9 Å². The van der Waals surface area contributed by atoms with Crippen molar-refractivity contribution in [2.24, 2.45) is 16.9 Å². The third kappa shape index (κ3) is 6.31. The summed E-state index contributed by atoms with van der Waals surface area (Å²) in [5.74, 6) is 4.98. The van der Waals surface area contributed by atoms with Gasteiger partial charge in [0.05, 0.1) is 18.6 Å². The molecule has 0 aromatic heterocycles. The van der Waals surface area contributed by atoms with Crippen molar-refractivity contribution in [3.8, 4) is 5.75 Å². The number of nitroso groups, excluding NO2 is 1. The van der Waals surface area contributed by atoms with Gasteiger partial charge in [-0.2, -0.15) is 0 Å². The summed E-state index contributed by atoms with van der Waals surface area (Å²) in [5, 5.41) is 6.46. The summed E-state index contributed by atoms with van der Waals surface area (Å²) in [6.07, 6.45) is 0.668. The van der Waals surface area contributed by atoms with Crippen LogP contribution in [0.3, 0.4) is 0 Å². The van der Waals surface area contributed by atoms with Crippen LogP contribution >= 0.6 is 0 Å². The first-order valence-corrected chi connectivity index (χ1v) is 11.8. The van der Waals surface area contributed by atoms with Crippen molar-refractivity contribution in [1.82, 2.24) is 14.8 Å². The van der Waals surface area contributed by atoms with E-state index in [-0.39, 0.29) is 19.2 Å². The summed E-state index contributed by atoms with van der Waals surface area (Å²) < 4.78 is 5.79. The number of hydrogen-bond donors (Lipinski definition) is 2. The van der Waals surface area contributed by atoms with Crippen LogP contribution in [0.15, 0.2) is 54.2 Å². The Morgan fingerprint density at radius 3 is 2.41 bits per heavy atom. The number of carbonyl (C=O) groups excluding carboxylic acids is 3. The highest BCUT2D eigenvalue weighted by Crippen LogP contribution is 2.27. The van der Waals surface area contributed by atoms with Crippen LogP contribution in [0.25, 0.3) is 6.08 Å². The van der Waals surface area contributed by atoms with E-state index >= 15 is 0 Å². The van der Waals surface area contributed by atoms with E-state index in [0.29, 0.717) is 11.4 Å². The Hall–Kier alpha value is -4.25. The molecular weight excluding hydrogens is 476 g/mol. The van der Waals surface area contributed by atoms with E-state index in [9.17, 15) is 19.3 Å². The van der Waals surface area contributed by atoms with Gasteiger partial charge < -0.3 is 10.1 Å². The molecule has 1 fully saturated rings. The number of hydrogen-bond acceptors (Lipinski definition) is 7. The fourth-order valence-electron chi connectivity index (χ4n) is 3.87. The summed E-state index contributed by atoms with van der Waals surface area (Å²) in [5.41, 5.74) is 3.17. The van der Waals surface area contributed by atoms with Crippen molar-refractivity contribution in [3.05, 3.63) is 70.6 Å². The van der Waals surface area contributed by atoms with Gasteiger partial charge in [-0.15, -0.1) is 4.91 Å². The van der Waals surface area contributed by atoms with Gasteiger partial charge in [0.25, 0.3) is 5.91 Å². The van der Waals surface area contributed by atoms with Gasteiger partial charge in [-0.1, -0.05) is 43.8 Å². The lowest BCUT2D eigenvalue weighted by Crippen LogP contribution is -2.70. The summed E-state index contributed by atoms with van der Waals surface area (Å²) in [6.45, 7) is 10.7. The molecule has 5 amide bonds. The van der Waals surface area contributed by atoms with Crippen LogP contribution in [0, 0.1) is 17.7 Å². The number of urea groups is 2. The van der Waals surface area contributed by atoms with E-state index in [2.05, 4.69) is 17.1 Å². The molecule has 1 aliphatic heterocycles. The zero-order chi connectivity index (χ0) is 27.3. The average Bonchev–Trinajstić information content (AvgIpc) is 2.88. The highest BCUT2D eigenvalue weighted by Gasteiger charge is 2.44. The minimum Gasteiger partial charge on any atom is -0.491 e. The molecule has 2 atom stereocenters. The van der Waals surface area contributed by atoms with E-state index in [1.807, 2.05) is 51.1 Å². The van der Waals surface area contributed by atoms with E-state index in [1.54, 1.807) is 18.2 Å². The van der Waals surface area contributed by atoms with Crippen molar-refractivity contribution < 1.29 is 19.1 Å². The largest absolute Gasteiger partial charge is 0.491 e. The topological polar surface area (TPSA) is 138 Å². The second kappa shape index (κ2) is 11.7. The second-order valence-corrected chi connectivity index (χ2v) is 9.15. The van der Waals surface area contributed by atoms with Crippen LogP contribution in [0.5, 0.6) is 5.75 Å². The maximum absolute atomic E-state index is 13.6. The van der Waals surface area contributed by atoms with Crippen LogP contribution in [-0.4, -0.2) is 51.7 Å². The van der Waals surface area contributed by atoms with Crippen LogP contribution in [-0.2, 0) is 11.3 Å². The molecule has 2 aromatic rings. The number of benzene rings is 2. The zero-order valence-corrected chi connectivity index (χ0v) is 21.4. The number of imide groups is 1. The monoisotopic (exact) mass is 508 g/mol. The molecule has 3 rings (SSSR count). The fraction of sp³-hybridized carbons (Fsp3) is 0.346. The molecule has 0 bridgehead atoms. The molecule has 1 saturated heterocycles. The summed E-state index contributed by atoms with van der Waals surface area (Å²) >= 11 is 0. The normalized spacial score (nSPS) is 16.6. The smallest absolute Gasteiger partial charge is 0.345 e. The number of nitrogens with one attached hydrogen (secondary N) is 1. The quantitative estimate of drug-likeness (QED) is 0.277. The number of amides is 5. The zero-order valence-electron chi connectivity index (χ0n) is 21.4. The highest BCUT2D eigenvalue weighted by molar-refractivity contribution is 5.96. The highest BCUT2D eigenvalue weighted by atomic mass is 16.5. The number of hydrazine groups is 1. The molecule has 3 N–H and O–H groups in total. The summed E-state index contributed by atoms with van der Waals surface area (Å²) in [7, 11) is 0. The van der Waals surface area contributed by atoms with E-state index in [0.717, 1.165) is 26.6 Å². The molecule has 11 heteroatoms. The lowest BCUT2D eigenvalue weighted by molar-refractivity contribution is -0.121. The van der Waals surface area contributed by atoms with Crippen LogP contribution in [0.2, 0.25) is 0 Å². The lowest BCUT2D eigenvalue weighted by Gasteiger charge is -2.45. The maximum atomic E-state index is 13.6. The molecule has 0 aliphatic carbocycles. The first kappa shape index (κ1) is 27.3. The van der Waals surface area contributed by atoms with Gasteiger partial charge in [0.15, 0.2) is 0 Å². The fourth-order valence-corrected chi connectivity index (χ4v) is 3.87. The van der Waals surface area contributed by atoms with Crippen molar-refractivity contribution in [1.29, 1.82) is 0 Å². The Morgan fingerprint density at radius 2 is 1.84 bits per heavy atom. The van der Waals surface area contributed by atoms with Gasteiger partial charge in [-0.3, -0.25) is 9.69 Å². The van der Waals surface area contributed by atoms with E-state index < -0.39 is 30.2 Å². The molecule has 0 saturated carbocycles. The standard InChI is InChI=1S/C26H32N6O5/c1-6-19-7-9-20(10-8-19)15-30-24(28-21-11-12-22(17(4)13-21)37-16(2)3)32(27)26(35)31(25(30)34)14-18(5)23(33)29-36/h6-13,16,18,24,28H,1,14-15,27H2,2-5H3/t18-,24?/m0/s1. The molecule has 0 radical (unpaired) electrons. The van der Waals surface area contributed by atoms with Crippen molar-refractivity contribution in [3.63, 3.8) is 0 Å². The Bertz CT molecular complexity index is 1180. The number of carbonyl (C=O) groups is 3. The average molecular weight is 509 g/mol. The number of anilines is 1. The first-order chi connectivity index (χ1) is 17.5. The molecule has 1 aliphatic rings. The number of nitrogens with two attached hydrogens (primary N) is 1. The number of aryl methyl sites for hydroxylation is 1. The maximum Gasteiger partial charge on any atom is 0.345 e. The van der Waals surface area contributed by atoms with E-state index in [4.69, 9.17) is 10.6 Å². The minimum atomic E-state index is -1.04. The Balaban J connectivity index is 1.94. The van der Waals surface area contributed by atoms with Gasteiger partial charge >= 0.3 is 12.1 Å². The molecule has 11 nitrogen and oxygen atoms in total. The number of rotatable bonds is 10. The summed E-state index contributed by atoms with van der Waals surface area (Å²) in [4.78, 5) is 51.3. The van der Waals surface area contributed by atoms with Gasteiger partial charge in [0.1, 0.15) is 5.75 Å². The molecule has 1 heterocycles. The minimum absolute atomic E-state index is 0.00303. The van der Waals surface area contributed by atoms with Crippen LogP contribution in [0.1, 0.15) is 37.5 Å². The Morgan fingerprint density at radius 1 is 1.16 bits per heavy atom. The van der Waals surface area contributed by atoms with Crippen molar-refractivity contribution >= 4 is 29.7 Å². The second-order valence-electron chi connectivity index (χ2n) is 9.15. The predicted molar refractivity (Wildman–Crippen MR) is 140 cm³/mol. The number of nitrogens with zero attached hydrogens (tertiary/aromatic N) is 4. The van der Waals surface area contributed by atoms with Crippen molar-refractivity contribution in [2.75, 3.05) is 11.9 Å². The van der Waals surface area contributed by atoms with Crippen LogP contribution in [0.4, 0.5) is 15.3 Å². The van der Waals surface area contributed by atoms with E-state index in [1.165, 1.54) is 11.8 Å². The number of ether oxygens (including phenoxy) is 1. The third-order valence-corrected chi connectivity index (χ3v) is 5.86.